The van der Waals surface area contributed by atoms with E-state index in [0.29, 0.717) is 11.3 Å². The molecule has 0 spiro atoms. The minimum Gasteiger partial charge on any atom is -0.284 e. The van der Waals surface area contributed by atoms with Crippen LogP contribution in [0.25, 0.3) is 0 Å². The number of nitrogens with zero attached hydrogens (tertiary/aromatic N) is 1. The molecule has 0 fully saturated rings. The maximum Gasteiger partial charge on any atom is 0.277 e. The van der Waals surface area contributed by atoms with E-state index in [0.717, 1.165) is 11.3 Å². The highest BCUT2D eigenvalue weighted by molar-refractivity contribution is 7.92. The summed E-state index contributed by atoms with van der Waals surface area (Å²) in [5.74, 6) is -0.357. The van der Waals surface area contributed by atoms with Gasteiger partial charge in [-0.3, -0.25) is 14.4 Å². The van der Waals surface area contributed by atoms with E-state index in [4.69, 9.17) is 4.84 Å². The molecule has 1 aromatic rings. The van der Waals surface area contributed by atoms with Gasteiger partial charge in [-0.15, -0.1) is 0 Å². The fraction of sp³-hybridized carbons (Fsp3) is 0.300. The first-order valence-electron chi connectivity index (χ1n) is 4.73. The molecular weight excluding hydrogens is 244 g/mol. The molecule has 0 aliphatic rings. The zero-order valence-electron chi connectivity index (χ0n) is 9.80. The summed E-state index contributed by atoms with van der Waals surface area (Å²) in [6, 6.07) is 6.17. The van der Waals surface area contributed by atoms with Gasteiger partial charge in [0.2, 0.25) is 10.0 Å². The average molecular weight is 258 g/mol. The largest absolute Gasteiger partial charge is 0.284 e. The van der Waals surface area contributed by atoms with Gasteiger partial charge in [-0.05, 0) is 18.2 Å². The molecule has 0 saturated heterocycles. The summed E-state index contributed by atoms with van der Waals surface area (Å²) in [5, 5.41) is 1.06. The quantitative estimate of drug-likeness (QED) is 0.806. The Bertz CT molecular complexity index is 513. The summed E-state index contributed by atoms with van der Waals surface area (Å²) in [6.07, 6.45) is 1.04. The molecule has 0 aromatic heterocycles. The van der Waals surface area contributed by atoms with Crippen molar-refractivity contribution in [1.82, 2.24) is 5.06 Å². The molecule has 0 bridgehead atoms. The number of anilines is 1. The second-order valence-corrected chi connectivity index (χ2v) is 5.19. The van der Waals surface area contributed by atoms with Crippen LogP contribution in [0.15, 0.2) is 24.3 Å². The first kappa shape index (κ1) is 13.5. The van der Waals surface area contributed by atoms with Gasteiger partial charge in [-0.25, -0.2) is 13.5 Å². The van der Waals surface area contributed by atoms with Crippen molar-refractivity contribution in [2.75, 3.05) is 25.1 Å². The summed E-state index contributed by atoms with van der Waals surface area (Å²) in [7, 11) is -0.509. The van der Waals surface area contributed by atoms with Crippen molar-refractivity contribution in [2.45, 2.75) is 0 Å². The maximum absolute atomic E-state index is 11.7. The molecule has 1 amide bonds. The van der Waals surface area contributed by atoms with Crippen LogP contribution in [0.3, 0.4) is 0 Å². The Hall–Kier alpha value is -1.60. The van der Waals surface area contributed by atoms with E-state index < -0.39 is 10.0 Å². The molecule has 17 heavy (non-hydrogen) atoms. The normalized spacial score (nSPS) is 11.0. The Morgan fingerprint density at radius 3 is 2.59 bits per heavy atom. The Labute approximate surface area is 100 Å². The second kappa shape index (κ2) is 5.15. The number of benzene rings is 1. The van der Waals surface area contributed by atoms with Crippen molar-refractivity contribution < 1.29 is 18.0 Å². The summed E-state index contributed by atoms with van der Waals surface area (Å²) in [4.78, 5) is 16.5. The third-order valence-corrected chi connectivity index (χ3v) is 2.58. The molecule has 0 aliphatic heterocycles. The van der Waals surface area contributed by atoms with Gasteiger partial charge < -0.3 is 0 Å². The van der Waals surface area contributed by atoms with Gasteiger partial charge in [-0.2, -0.15) is 0 Å². The van der Waals surface area contributed by atoms with Crippen molar-refractivity contribution in [3.8, 4) is 0 Å². The van der Waals surface area contributed by atoms with Gasteiger partial charge in [0.1, 0.15) is 0 Å². The number of rotatable bonds is 4. The molecule has 6 nitrogen and oxygen atoms in total. The lowest BCUT2D eigenvalue weighted by molar-refractivity contribution is -0.0756. The van der Waals surface area contributed by atoms with E-state index in [-0.39, 0.29) is 5.91 Å². The molecule has 94 valence electrons. The van der Waals surface area contributed by atoms with Crippen molar-refractivity contribution in [1.29, 1.82) is 0 Å². The van der Waals surface area contributed by atoms with Gasteiger partial charge in [0, 0.05) is 18.3 Å². The SMILES string of the molecule is CON(C)C(=O)c1cccc(NS(C)(=O)=O)c1. The molecule has 0 radical (unpaired) electrons. The molecule has 7 heteroatoms. The predicted octanol–water partition coefficient (Wildman–Crippen LogP) is 0.692. The zero-order valence-corrected chi connectivity index (χ0v) is 10.6. The van der Waals surface area contributed by atoms with E-state index in [1.54, 1.807) is 18.2 Å². The number of sulfonamides is 1. The minimum absolute atomic E-state index is 0.336. The molecule has 0 unspecified atom stereocenters. The van der Waals surface area contributed by atoms with Crippen LogP contribution in [-0.2, 0) is 14.9 Å². The van der Waals surface area contributed by atoms with Gasteiger partial charge in [0.15, 0.2) is 0 Å². The van der Waals surface area contributed by atoms with Crippen LogP contribution < -0.4 is 4.72 Å². The molecule has 1 aromatic carbocycles. The number of amides is 1. The van der Waals surface area contributed by atoms with E-state index in [9.17, 15) is 13.2 Å². The van der Waals surface area contributed by atoms with E-state index in [2.05, 4.69) is 4.72 Å². The van der Waals surface area contributed by atoms with Crippen LogP contribution in [0.1, 0.15) is 10.4 Å². The fourth-order valence-electron chi connectivity index (χ4n) is 1.19. The lowest BCUT2D eigenvalue weighted by Crippen LogP contribution is -2.25. The topological polar surface area (TPSA) is 75.7 Å². The molecular formula is C10H14N2O4S. The van der Waals surface area contributed by atoms with Crippen LogP contribution in [0.5, 0.6) is 0 Å². The third-order valence-electron chi connectivity index (χ3n) is 1.97. The van der Waals surface area contributed by atoms with Crippen molar-refractivity contribution >= 4 is 21.6 Å². The van der Waals surface area contributed by atoms with Crippen LogP contribution in [0, 0.1) is 0 Å². The number of hydrogen-bond acceptors (Lipinski definition) is 4. The highest BCUT2D eigenvalue weighted by Gasteiger charge is 2.12. The van der Waals surface area contributed by atoms with Crippen molar-refractivity contribution in [2.24, 2.45) is 0 Å². The maximum atomic E-state index is 11.7. The van der Waals surface area contributed by atoms with Crippen LogP contribution in [0.4, 0.5) is 5.69 Å². The number of hydrogen-bond donors (Lipinski definition) is 1. The fourth-order valence-corrected chi connectivity index (χ4v) is 1.75. The van der Waals surface area contributed by atoms with Gasteiger partial charge in [0.05, 0.1) is 13.4 Å². The minimum atomic E-state index is -3.35. The molecule has 0 aliphatic carbocycles. The smallest absolute Gasteiger partial charge is 0.277 e. The molecule has 0 atom stereocenters. The average Bonchev–Trinajstić information content (AvgIpc) is 2.25. The summed E-state index contributed by atoms with van der Waals surface area (Å²) in [5.41, 5.74) is 0.672. The molecule has 0 saturated carbocycles. The van der Waals surface area contributed by atoms with Gasteiger partial charge in [-0.1, -0.05) is 6.07 Å². The van der Waals surface area contributed by atoms with Crippen LogP contribution in [-0.4, -0.2) is 39.8 Å². The lowest BCUT2D eigenvalue weighted by Gasteiger charge is -2.14. The Morgan fingerprint density at radius 1 is 1.41 bits per heavy atom. The highest BCUT2D eigenvalue weighted by Crippen LogP contribution is 2.13. The van der Waals surface area contributed by atoms with Crippen molar-refractivity contribution in [3.05, 3.63) is 29.8 Å². The lowest BCUT2D eigenvalue weighted by atomic mass is 10.2. The first-order valence-corrected chi connectivity index (χ1v) is 6.62. The first-order chi connectivity index (χ1) is 7.83. The standard InChI is InChI=1S/C10H14N2O4S/c1-12(16-2)10(13)8-5-4-6-9(7-8)11-17(3,14)15/h4-7,11H,1-3H3. The zero-order chi connectivity index (χ0) is 13.1. The van der Waals surface area contributed by atoms with Crippen LogP contribution in [0.2, 0.25) is 0 Å². The molecule has 0 heterocycles. The Balaban J connectivity index is 2.97. The van der Waals surface area contributed by atoms with Gasteiger partial charge >= 0.3 is 0 Å². The van der Waals surface area contributed by atoms with E-state index in [1.165, 1.54) is 20.2 Å². The van der Waals surface area contributed by atoms with Gasteiger partial charge in [0.25, 0.3) is 5.91 Å². The number of carbonyl (C=O) groups is 1. The summed E-state index contributed by atoms with van der Waals surface area (Å²) in [6.45, 7) is 0. The summed E-state index contributed by atoms with van der Waals surface area (Å²) >= 11 is 0. The number of nitrogens with one attached hydrogen (secondary N) is 1. The highest BCUT2D eigenvalue weighted by atomic mass is 32.2. The van der Waals surface area contributed by atoms with Crippen LogP contribution >= 0.6 is 0 Å². The monoisotopic (exact) mass is 258 g/mol. The number of hydroxylamine groups is 2. The second-order valence-electron chi connectivity index (χ2n) is 3.44. The summed E-state index contributed by atoms with van der Waals surface area (Å²) < 4.78 is 24.4. The van der Waals surface area contributed by atoms with E-state index in [1.807, 2.05) is 0 Å². The van der Waals surface area contributed by atoms with E-state index >= 15 is 0 Å². The molecule has 1 N–H and O–H groups in total. The molecule has 1 rings (SSSR count). The number of carbonyl (C=O) groups excluding carboxylic acids is 1. The Kier molecular flexibility index (Phi) is 4.08. The third kappa shape index (κ3) is 4.04. The van der Waals surface area contributed by atoms with Crippen molar-refractivity contribution in [3.63, 3.8) is 0 Å². The Morgan fingerprint density at radius 2 is 2.06 bits per heavy atom. The predicted molar refractivity (Wildman–Crippen MR) is 64.0 cm³/mol.